The number of hydrogen-bond donors (Lipinski definition) is 2. The van der Waals surface area contributed by atoms with Gasteiger partial charge in [0.15, 0.2) is 0 Å². The van der Waals surface area contributed by atoms with Crippen LogP contribution in [-0.2, 0) is 4.79 Å². The van der Waals surface area contributed by atoms with E-state index < -0.39 is 29.9 Å². The molecule has 10 heteroatoms. The Kier molecular flexibility index (Phi) is 6.89. The van der Waals surface area contributed by atoms with E-state index in [1.165, 1.54) is 43.3 Å². The van der Waals surface area contributed by atoms with Crippen LogP contribution in [0.2, 0.25) is 5.02 Å². The van der Waals surface area contributed by atoms with Crippen molar-refractivity contribution in [2.24, 2.45) is 0 Å². The number of carboxylic acids is 1. The fourth-order valence-corrected chi connectivity index (χ4v) is 3.36. The average molecular weight is 472 g/mol. The van der Waals surface area contributed by atoms with Crippen molar-refractivity contribution in [3.05, 3.63) is 86.8 Å². The van der Waals surface area contributed by atoms with Gasteiger partial charge in [-0.1, -0.05) is 17.7 Å². The molecule has 2 N–H and O–H groups in total. The van der Waals surface area contributed by atoms with Crippen LogP contribution in [0.25, 0.3) is 11.1 Å². The molecular weight excluding hydrogens is 456 g/mol. The summed E-state index contributed by atoms with van der Waals surface area (Å²) in [6, 6.07) is 10.9. The molecular formula is C23H16ClF2N3O4. The Labute approximate surface area is 191 Å². The summed E-state index contributed by atoms with van der Waals surface area (Å²) < 4.78 is 28.0. The first-order valence-electron chi connectivity index (χ1n) is 9.51. The molecule has 33 heavy (non-hydrogen) atoms. The number of aromatic nitrogens is 1. The van der Waals surface area contributed by atoms with Crippen LogP contribution < -0.4 is 10.9 Å². The van der Waals surface area contributed by atoms with Crippen molar-refractivity contribution >= 4 is 29.2 Å². The van der Waals surface area contributed by atoms with Gasteiger partial charge < -0.3 is 15.0 Å². The van der Waals surface area contributed by atoms with E-state index in [4.69, 9.17) is 16.7 Å². The van der Waals surface area contributed by atoms with Crippen molar-refractivity contribution < 1.29 is 23.5 Å². The Morgan fingerprint density at radius 3 is 2.36 bits per heavy atom. The highest BCUT2D eigenvalue weighted by atomic mass is 35.5. The quantitative estimate of drug-likeness (QED) is 0.532. The number of pyridine rings is 1. The second-order valence-electron chi connectivity index (χ2n) is 7.04. The zero-order valence-corrected chi connectivity index (χ0v) is 17.8. The molecule has 1 atom stereocenters. The summed E-state index contributed by atoms with van der Waals surface area (Å²) >= 11 is 5.94. The minimum absolute atomic E-state index is 0.0200. The van der Waals surface area contributed by atoms with Crippen molar-refractivity contribution in [2.45, 2.75) is 19.4 Å². The molecule has 1 amide bonds. The predicted octanol–water partition coefficient (Wildman–Crippen LogP) is 4.88. The third-order valence-corrected chi connectivity index (χ3v) is 5.17. The topological polar surface area (TPSA) is 112 Å². The number of carboxylic acid groups (broad SMARTS) is 1. The third-order valence-electron chi connectivity index (χ3n) is 4.94. The van der Waals surface area contributed by atoms with Crippen LogP contribution in [0.15, 0.2) is 59.5 Å². The van der Waals surface area contributed by atoms with Gasteiger partial charge in [-0.05, 0) is 48.9 Å². The minimum atomic E-state index is -2.86. The summed E-state index contributed by atoms with van der Waals surface area (Å²) in [7, 11) is 0. The molecule has 0 aliphatic carbocycles. The molecule has 1 heterocycles. The largest absolute Gasteiger partial charge is 0.478 e. The van der Waals surface area contributed by atoms with Gasteiger partial charge in [-0.2, -0.15) is 5.26 Å². The molecule has 0 aliphatic rings. The van der Waals surface area contributed by atoms with E-state index in [0.717, 1.165) is 22.9 Å². The summed E-state index contributed by atoms with van der Waals surface area (Å²) in [5.74, 6) is -1.72. The maximum atomic E-state index is 13.5. The van der Waals surface area contributed by atoms with Crippen LogP contribution in [0.3, 0.4) is 0 Å². The number of rotatable bonds is 6. The molecule has 0 radical (unpaired) electrons. The van der Waals surface area contributed by atoms with Gasteiger partial charge in [0.25, 0.3) is 12.0 Å². The van der Waals surface area contributed by atoms with Gasteiger partial charge in [0.05, 0.1) is 11.1 Å². The van der Waals surface area contributed by atoms with Gasteiger partial charge in [-0.25, -0.2) is 13.6 Å². The first-order chi connectivity index (χ1) is 15.6. The lowest BCUT2D eigenvalue weighted by molar-refractivity contribution is -0.118. The number of carbonyl (C=O) groups is 2. The van der Waals surface area contributed by atoms with Crippen LogP contribution in [0.4, 0.5) is 14.5 Å². The second-order valence-corrected chi connectivity index (χ2v) is 7.47. The lowest BCUT2D eigenvalue weighted by Gasteiger charge is -2.17. The Morgan fingerprint density at radius 2 is 1.79 bits per heavy atom. The van der Waals surface area contributed by atoms with E-state index in [0.29, 0.717) is 5.69 Å². The van der Waals surface area contributed by atoms with E-state index in [-0.39, 0.29) is 32.8 Å². The maximum absolute atomic E-state index is 13.5. The predicted molar refractivity (Wildman–Crippen MR) is 118 cm³/mol. The Bertz CT molecular complexity index is 1330. The highest BCUT2D eigenvalue weighted by molar-refractivity contribution is 6.30. The van der Waals surface area contributed by atoms with E-state index in [1.807, 2.05) is 6.07 Å². The molecule has 0 fully saturated rings. The van der Waals surface area contributed by atoms with Crippen molar-refractivity contribution in [1.29, 1.82) is 5.26 Å². The number of nitrogens with one attached hydrogen (secondary N) is 1. The minimum Gasteiger partial charge on any atom is -0.478 e. The fraction of sp³-hybridized carbons (Fsp3) is 0.130. The lowest BCUT2D eigenvalue weighted by atomic mass is 9.97. The number of anilines is 1. The van der Waals surface area contributed by atoms with Gasteiger partial charge >= 0.3 is 5.97 Å². The maximum Gasteiger partial charge on any atom is 0.335 e. The van der Waals surface area contributed by atoms with Crippen LogP contribution >= 0.6 is 11.6 Å². The van der Waals surface area contributed by atoms with Crippen molar-refractivity contribution in [2.75, 3.05) is 5.32 Å². The monoisotopic (exact) mass is 471 g/mol. The van der Waals surface area contributed by atoms with E-state index in [2.05, 4.69) is 5.32 Å². The number of alkyl halides is 2. The molecule has 1 aromatic heterocycles. The summed E-state index contributed by atoms with van der Waals surface area (Å²) in [6.07, 6.45) is -1.73. The Balaban J connectivity index is 1.96. The lowest BCUT2D eigenvalue weighted by Crippen LogP contribution is -2.31. The highest BCUT2D eigenvalue weighted by Gasteiger charge is 2.22. The molecule has 0 aliphatic heterocycles. The molecule has 0 saturated carbocycles. The van der Waals surface area contributed by atoms with Gasteiger partial charge in [0.2, 0.25) is 5.91 Å². The van der Waals surface area contributed by atoms with Crippen molar-refractivity contribution in [1.82, 2.24) is 4.57 Å². The molecule has 3 aromatic rings. The number of amides is 1. The van der Waals surface area contributed by atoms with Gasteiger partial charge in [0, 0.05) is 34.1 Å². The van der Waals surface area contributed by atoms with Gasteiger partial charge in [0.1, 0.15) is 12.1 Å². The second kappa shape index (κ2) is 9.63. The van der Waals surface area contributed by atoms with Crippen molar-refractivity contribution in [3.63, 3.8) is 0 Å². The van der Waals surface area contributed by atoms with Crippen LogP contribution in [0, 0.1) is 11.3 Å². The number of hydrogen-bond acceptors (Lipinski definition) is 4. The number of aromatic carboxylic acids is 1. The molecule has 0 bridgehead atoms. The molecule has 168 valence electrons. The summed E-state index contributed by atoms with van der Waals surface area (Å²) in [5, 5.41) is 21.2. The molecule has 1 unspecified atom stereocenters. The fourth-order valence-electron chi connectivity index (χ4n) is 3.18. The normalized spacial score (nSPS) is 11.6. The third kappa shape index (κ3) is 5.07. The van der Waals surface area contributed by atoms with E-state index in [9.17, 15) is 28.4 Å². The zero-order valence-electron chi connectivity index (χ0n) is 17.1. The number of nitrogens with zero attached hydrogens (tertiary/aromatic N) is 2. The smallest absolute Gasteiger partial charge is 0.335 e. The molecule has 7 nitrogen and oxygen atoms in total. The van der Waals surface area contributed by atoms with Crippen LogP contribution in [0.1, 0.15) is 40.9 Å². The SMILES string of the molecule is CC(C(=O)Nc1ccc(C(=O)O)cc1)n1cc(C#N)c(-c2cc(Cl)ccc2C(F)F)cc1=O. The summed E-state index contributed by atoms with van der Waals surface area (Å²) in [6.45, 7) is 1.42. The van der Waals surface area contributed by atoms with Gasteiger partial charge in [-0.15, -0.1) is 0 Å². The van der Waals surface area contributed by atoms with Gasteiger partial charge in [-0.3, -0.25) is 9.59 Å². The van der Waals surface area contributed by atoms with E-state index >= 15 is 0 Å². The standard InChI is InChI=1S/C23H16ClF2N3O4/c1-12(22(31)28-16-5-2-13(3-6-16)23(32)33)29-11-14(10-27)18(9-20(29)30)19-8-15(24)4-7-17(19)21(25)26/h2-9,11-12,21H,1H3,(H,28,31)(H,32,33). The summed E-state index contributed by atoms with van der Waals surface area (Å²) in [4.78, 5) is 36.3. The average Bonchev–Trinajstić information content (AvgIpc) is 2.78. The van der Waals surface area contributed by atoms with Crippen LogP contribution in [0.5, 0.6) is 0 Å². The van der Waals surface area contributed by atoms with E-state index in [1.54, 1.807) is 0 Å². The number of nitriles is 1. The number of halogens is 3. The zero-order chi connectivity index (χ0) is 24.3. The van der Waals surface area contributed by atoms with Crippen molar-refractivity contribution in [3.8, 4) is 17.2 Å². The molecule has 2 aromatic carbocycles. The first-order valence-corrected chi connectivity index (χ1v) is 9.88. The first kappa shape index (κ1) is 23.6. The number of carbonyl (C=O) groups excluding carboxylic acids is 1. The Hall–Kier alpha value is -4.03. The molecule has 3 rings (SSSR count). The Morgan fingerprint density at radius 1 is 1.12 bits per heavy atom. The van der Waals surface area contributed by atoms with Crippen LogP contribution in [-0.4, -0.2) is 21.6 Å². The molecule has 0 saturated heterocycles. The summed E-state index contributed by atoms with van der Waals surface area (Å²) in [5.41, 5.74) is -0.887. The highest BCUT2D eigenvalue weighted by Crippen LogP contribution is 2.34. The molecule has 0 spiro atoms. The number of benzene rings is 2.